The van der Waals surface area contributed by atoms with Crippen LogP contribution in [0.1, 0.15) is 24.0 Å². The predicted molar refractivity (Wildman–Crippen MR) is 91.1 cm³/mol. The van der Waals surface area contributed by atoms with Gasteiger partial charge < -0.3 is 4.74 Å². The van der Waals surface area contributed by atoms with E-state index in [0.717, 1.165) is 35.0 Å². The normalized spacial score (nSPS) is 14.1. The second kappa shape index (κ2) is 6.97. The Balaban J connectivity index is 1.76. The van der Waals surface area contributed by atoms with E-state index in [1.54, 1.807) is 4.90 Å². The van der Waals surface area contributed by atoms with Gasteiger partial charge in [-0.3, -0.25) is 4.90 Å². The van der Waals surface area contributed by atoms with E-state index in [9.17, 15) is 4.79 Å². The maximum atomic E-state index is 12.5. The number of aryl methyl sites for hydroxylation is 1. The van der Waals surface area contributed by atoms with Crippen LogP contribution in [0.4, 0.5) is 10.5 Å². The highest BCUT2D eigenvalue weighted by Gasteiger charge is 2.22. The van der Waals surface area contributed by atoms with E-state index in [1.807, 2.05) is 42.5 Å². The SMILES string of the molecule is O=C(OCc1ccccc1)N1CCCCc2ccc(Br)cc21. The zero-order chi connectivity index (χ0) is 15.4. The first-order chi connectivity index (χ1) is 10.7. The number of ether oxygens (including phenoxy) is 1. The Labute approximate surface area is 139 Å². The Hall–Kier alpha value is -1.81. The summed E-state index contributed by atoms with van der Waals surface area (Å²) in [7, 11) is 0. The molecule has 4 heteroatoms. The van der Waals surface area contributed by atoms with Crippen LogP contribution in [-0.2, 0) is 17.8 Å². The Morgan fingerprint density at radius 1 is 1.14 bits per heavy atom. The molecular formula is C18H18BrNO2. The van der Waals surface area contributed by atoms with Gasteiger partial charge in [0.2, 0.25) is 0 Å². The van der Waals surface area contributed by atoms with Crippen molar-refractivity contribution in [2.24, 2.45) is 0 Å². The minimum atomic E-state index is -0.273. The number of rotatable bonds is 2. The fourth-order valence-electron chi connectivity index (χ4n) is 2.69. The molecule has 114 valence electrons. The topological polar surface area (TPSA) is 29.5 Å². The number of nitrogens with zero attached hydrogens (tertiary/aromatic N) is 1. The van der Waals surface area contributed by atoms with E-state index >= 15 is 0 Å². The molecule has 0 N–H and O–H groups in total. The van der Waals surface area contributed by atoms with Crippen LogP contribution in [0.3, 0.4) is 0 Å². The molecule has 1 heterocycles. The van der Waals surface area contributed by atoms with Crippen LogP contribution in [0.2, 0.25) is 0 Å². The van der Waals surface area contributed by atoms with Crippen LogP contribution in [0.25, 0.3) is 0 Å². The third kappa shape index (κ3) is 3.50. The van der Waals surface area contributed by atoms with E-state index in [-0.39, 0.29) is 6.09 Å². The molecule has 0 aliphatic carbocycles. The highest BCUT2D eigenvalue weighted by Crippen LogP contribution is 2.30. The number of anilines is 1. The van der Waals surface area contributed by atoms with Gasteiger partial charge in [-0.1, -0.05) is 52.3 Å². The molecule has 0 aromatic heterocycles. The van der Waals surface area contributed by atoms with Crippen molar-refractivity contribution in [3.63, 3.8) is 0 Å². The number of carbonyl (C=O) groups excluding carboxylic acids is 1. The minimum absolute atomic E-state index is 0.273. The Morgan fingerprint density at radius 2 is 1.95 bits per heavy atom. The maximum Gasteiger partial charge on any atom is 0.414 e. The summed E-state index contributed by atoms with van der Waals surface area (Å²) >= 11 is 3.49. The average Bonchev–Trinajstić information content (AvgIpc) is 2.75. The fourth-order valence-corrected chi connectivity index (χ4v) is 3.04. The van der Waals surface area contributed by atoms with Crippen molar-refractivity contribution < 1.29 is 9.53 Å². The summed E-state index contributed by atoms with van der Waals surface area (Å²) in [5.41, 5.74) is 3.17. The van der Waals surface area contributed by atoms with E-state index in [2.05, 4.69) is 22.0 Å². The lowest BCUT2D eigenvalue weighted by Gasteiger charge is -2.22. The molecule has 1 aliphatic rings. The molecule has 0 fully saturated rings. The molecule has 2 aromatic carbocycles. The molecule has 0 saturated heterocycles. The molecule has 0 unspecified atom stereocenters. The van der Waals surface area contributed by atoms with Crippen LogP contribution < -0.4 is 4.90 Å². The lowest BCUT2D eigenvalue weighted by atomic mass is 10.1. The van der Waals surface area contributed by atoms with Crippen molar-refractivity contribution in [1.82, 2.24) is 0 Å². The number of benzene rings is 2. The van der Waals surface area contributed by atoms with Gasteiger partial charge in [-0.15, -0.1) is 0 Å². The summed E-state index contributed by atoms with van der Waals surface area (Å²) in [5, 5.41) is 0. The molecule has 1 aliphatic heterocycles. The van der Waals surface area contributed by atoms with E-state index in [0.29, 0.717) is 13.2 Å². The summed E-state index contributed by atoms with van der Waals surface area (Å²) in [5.74, 6) is 0. The van der Waals surface area contributed by atoms with E-state index in [4.69, 9.17) is 4.74 Å². The van der Waals surface area contributed by atoms with Crippen LogP contribution >= 0.6 is 15.9 Å². The molecule has 0 saturated carbocycles. The first-order valence-corrected chi connectivity index (χ1v) is 8.30. The number of amides is 1. The van der Waals surface area contributed by atoms with Gasteiger partial charge in [-0.2, -0.15) is 0 Å². The molecule has 0 bridgehead atoms. The van der Waals surface area contributed by atoms with Gasteiger partial charge in [0.1, 0.15) is 6.61 Å². The molecule has 3 nitrogen and oxygen atoms in total. The summed E-state index contributed by atoms with van der Waals surface area (Å²) in [6.45, 7) is 1.01. The summed E-state index contributed by atoms with van der Waals surface area (Å²) in [4.78, 5) is 14.2. The van der Waals surface area contributed by atoms with Crippen molar-refractivity contribution in [3.8, 4) is 0 Å². The Morgan fingerprint density at radius 3 is 2.77 bits per heavy atom. The Bertz CT molecular complexity index is 657. The molecule has 3 rings (SSSR count). The number of halogens is 1. The van der Waals surface area contributed by atoms with Gasteiger partial charge in [-0.25, -0.2) is 4.79 Å². The Kier molecular flexibility index (Phi) is 4.78. The quantitative estimate of drug-likeness (QED) is 0.760. The van der Waals surface area contributed by atoms with Crippen LogP contribution in [-0.4, -0.2) is 12.6 Å². The fraction of sp³-hybridized carbons (Fsp3) is 0.278. The zero-order valence-electron chi connectivity index (χ0n) is 12.3. The summed E-state index contributed by atoms with van der Waals surface area (Å²) in [6, 6.07) is 15.9. The second-order valence-electron chi connectivity index (χ2n) is 5.42. The first kappa shape index (κ1) is 15.1. The van der Waals surface area contributed by atoms with Crippen LogP contribution in [0.5, 0.6) is 0 Å². The van der Waals surface area contributed by atoms with Crippen molar-refractivity contribution in [2.75, 3.05) is 11.4 Å². The van der Waals surface area contributed by atoms with Crippen molar-refractivity contribution in [2.45, 2.75) is 25.9 Å². The van der Waals surface area contributed by atoms with E-state index < -0.39 is 0 Å². The van der Waals surface area contributed by atoms with Gasteiger partial charge in [-0.05, 0) is 42.5 Å². The largest absolute Gasteiger partial charge is 0.444 e. The lowest BCUT2D eigenvalue weighted by molar-refractivity contribution is 0.147. The monoisotopic (exact) mass is 359 g/mol. The summed E-state index contributed by atoms with van der Waals surface area (Å²) in [6.07, 6.45) is 2.82. The molecule has 0 atom stereocenters. The van der Waals surface area contributed by atoms with Gasteiger partial charge in [0.15, 0.2) is 0 Å². The predicted octanol–water partition coefficient (Wildman–Crippen LogP) is 4.93. The molecular weight excluding hydrogens is 342 g/mol. The third-order valence-electron chi connectivity index (χ3n) is 3.84. The number of hydrogen-bond acceptors (Lipinski definition) is 2. The molecule has 0 radical (unpaired) electrons. The smallest absolute Gasteiger partial charge is 0.414 e. The van der Waals surface area contributed by atoms with Gasteiger partial charge in [0.25, 0.3) is 0 Å². The van der Waals surface area contributed by atoms with Gasteiger partial charge in [0, 0.05) is 11.0 Å². The van der Waals surface area contributed by atoms with Crippen molar-refractivity contribution in [3.05, 3.63) is 64.1 Å². The van der Waals surface area contributed by atoms with Crippen molar-refractivity contribution >= 4 is 27.7 Å². The maximum absolute atomic E-state index is 12.5. The average molecular weight is 360 g/mol. The molecule has 1 amide bonds. The number of hydrogen-bond donors (Lipinski definition) is 0. The zero-order valence-corrected chi connectivity index (χ0v) is 13.9. The third-order valence-corrected chi connectivity index (χ3v) is 4.33. The number of carbonyl (C=O) groups is 1. The highest BCUT2D eigenvalue weighted by molar-refractivity contribution is 9.10. The minimum Gasteiger partial charge on any atom is -0.444 e. The number of fused-ring (bicyclic) bond motifs is 1. The molecule has 2 aromatic rings. The van der Waals surface area contributed by atoms with Gasteiger partial charge in [0.05, 0.1) is 5.69 Å². The van der Waals surface area contributed by atoms with Crippen molar-refractivity contribution in [1.29, 1.82) is 0 Å². The highest BCUT2D eigenvalue weighted by atomic mass is 79.9. The second-order valence-corrected chi connectivity index (χ2v) is 6.34. The van der Waals surface area contributed by atoms with Crippen LogP contribution in [0, 0.1) is 0 Å². The summed E-state index contributed by atoms with van der Waals surface area (Å²) < 4.78 is 6.47. The lowest BCUT2D eigenvalue weighted by Crippen LogP contribution is -2.32. The molecule has 0 spiro atoms. The standard InChI is InChI=1S/C18H18BrNO2/c19-16-10-9-15-8-4-5-11-20(17(15)12-16)18(21)22-13-14-6-2-1-3-7-14/h1-3,6-7,9-10,12H,4-5,8,11,13H2. The van der Waals surface area contributed by atoms with Crippen LogP contribution in [0.15, 0.2) is 53.0 Å². The first-order valence-electron chi connectivity index (χ1n) is 7.51. The van der Waals surface area contributed by atoms with E-state index in [1.165, 1.54) is 5.56 Å². The van der Waals surface area contributed by atoms with Gasteiger partial charge >= 0.3 is 6.09 Å². The molecule has 22 heavy (non-hydrogen) atoms.